The largest absolute Gasteiger partial charge is 0.453 e. The molecule has 0 N–H and O–H groups in total. The minimum absolute atomic E-state index is 0.0524. The van der Waals surface area contributed by atoms with Crippen LogP contribution in [0.2, 0.25) is 0 Å². The lowest BCUT2D eigenvalue weighted by molar-refractivity contribution is -0.140. The van der Waals surface area contributed by atoms with E-state index in [1.54, 1.807) is 4.90 Å². The lowest BCUT2D eigenvalue weighted by Gasteiger charge is -2.39. The van der Waals surface area contributed by atoms with Crippen molar-refractivity contribution in [2.24, 2.45) is 0 Å². The maximum absolute atomic E-state index is 12.9. The quantitative estimate of drug-likeness (QED) is 0.828. The molecule has 2 saturated heterocycles. The van der Waals surface area contributed by atoms with Gasteiger partial charge in [0.05, 0.1) is 19.8 Å². The number of methoxy groups -OCH3 is 1. The van der Waals surface area contributed by atoms with Crippen molar-refractivity contribution in [1.29, 1.82) is 0 Å². The average Bonchev–Trinajstić information content (AvgIpc) is 2.72. The highest BCUT2D eigenvalue weighted by Crippen LogP contribution is 2.23. The Kier molecular flexibility index (Phi) is 6.50. The average molecular weight is 360 g/mol. The van der Waals surface area contributed by atoms with Gasteiger partial charge in [0.2, 0.25) is 5.91 Å². The normalized spacial score (nSPS) is 21.5. The first-order chi connectivity index (χ1) is 12.7. The third-order valence-electron chi connectivity index (χ3n) is 5.28. The van der Waals surface area contributed by atoms with Crippen LogP contribution in [0.3, 0.4) is 0 Å². The lowest BCUT2D eigenvalue weighted by Crippen LogP contribution is -2.54. The van der Waals surface area contributed by atoms with Crippen molar-refractivity contribution in [3.63, 3.8) is 0 Å². The van der Waals surface area contributed by atoms with Crippen LogP contribution in [0.5, 0.6) is 0 Å². The minimum Gasteiger partial charge on any atom is -0.453 e. The van der Waals surface area contributed by atoms with E-state index in [-0.39, 0.29) is 18.1 Å². The Labute approximate surface area is 155 Å². The molecule has 0 radical (unpaired) electrons. The molecule has 26 heavy (non-hydrogen) atoms. The Morgan fingerprint density at radius 3 is 2.46 bits per heavy atom. The van der Waals surface area contributed by atoms with Crippen molar-refractivity contribution in [2.45, 2.75) is 50.9 Å². The maximum atomic E-state index is 12.9. The summed E-state index contributed by atoms with van der Waals surface area (Å²) in [6.07, 6.45) is 4.08. The highest BCUT2D eigenvalue weighted by atomic mass is 16.5. The van der Waals surface area contributed by atoms with E-state index in [4.69, 9.17) is 9.47 Å². The highest BCUT2D eigenvalue weighted by molar-refractivity contribution is 5.86. The smallest absolute Gasteiger partial charge is 0.410 e. The second kappa shape index (κ2) is 9.03. The number of amides is 2. The van der Waals surface area contributed by atoms with Crippen LogP contribution in [0.4, 0.5) is 4.79 Å². The summed E-state index contributed by atoms with van der Waals surface area (Å²) >= 11 is 0. The number of carbonyl (C=O) groups excluding carboxylic acids is 2. The molecule has 0 aliphatic carbocycles. The van der Waals surface area contributed by atoms with E-state index in [2.05, 4.69) is 12.1 Å². The van der Waals surface area contributed by atoms with Gasteiger partial charge in [0, 0.05) is 19.6 Å². The second-order valence-corrected chi connectivity index (χ2v) is 7.00. The number of hydrogen-bond acceptors (Lipinski definition) is 4. The molecule has 3 rings (SSSR count). The van der Waals surface area contributed by atoms with Crippen LogP contribution in [-0.4, -0.2) is 60.7 Å². The van der Waals surface area contributed by atoms with Crippen molar-refractivity contribution < 1.29 is 19.1 Å². The zero-order valence-electron chi connectivity index (χ0n) is 15.4. The summed E-state index contributed by atoms with van der Waals surface area (Å²) in [6.45, 7) is 2.57. The number of ether oxygens (including phenoxy) is 2. The fraction of sp³-hybridized carbons (Fsp3) is 0.600. The number of hydrogen-bond donors (Lipinski definition) is 0. The van der Waals surface area contributed by atoms with Crippen molar-refractivity contribution in [3.8, 4) is 0 Å². The molecule has 0 bridgehead atoms. The molecular formula is C20H28N2O4. The van der Waals surface area contributed by atoms with Crippen molar-refractivity contribution in [2.75, 3.05) is 26.7 Å². The van der Waals surface area contributed by atoms with Crippen LogP contribution in [-0.2, 0) is 20.9 Å². The Hall–Kier alpha value is -2.08. The predicted molar refractivity (Wildman–Crippen MR) is 97.6 cm³/mol. The molecule has 2 heterocycles. The van der Waals surface area contributed by atoms with Gasteiger partial charge in [0.25, 0.3) is 0 Å². The summed E-state index contributed by atoms with van der Waals surface area (Å²) in [4.78, 5) is 28.3. The maximum Gasteiger partial charge on any atom is 0.410 e. The van der Waals surface area contributed by atoms with Crippen molar-refractivity contribution in [1.82, 2.24) is 9.80 Å². The van der Waals surface area contributed by atoms with E-state index in [1.807, 2.05) is 23.1 Å². The van der Waals surface area contributed by atoms with Crippen LogP contribution < -0.4 is 0 Å². The SMILES string of the molecule is COC(=O)N1CCCC[C@@H]1C(=O)N1CCC(OCc2ccccc2)CC1. The minimum atomic E-state index is -0.399. The molecule has 0 unspecified atom stereocenters. The fourth-order valence-electron chi connectivity index (χ4n) is 3.77. The van der Waals surface area contributed by atoms with Crippen LogP contribution >= 0.6 is 0 Å². The molecule has 0 aromatic heterocycles. The van der Waals surface area contributed by atoms with E-state index in [1.165, 1.54) is 12.7 Å². The summed E-state index contributed by atoms with van der Waals surface area (Å²) in [5, 5.41) is 0. The van der Waals surface area contributed by atoms with Gasteiger partial charge in [0.15, 0.2) is 0 Å². The number of piperidine rings is 2. The van der Waals surface area contributed by atoms with E-state index < -0.39 is 6.09 Å². The van der Waals surface area contributed by atoms with Gasteiger partial charge in [-0.2, -0.15) is 0 Å². The Bertz CT molecular complexity index is 599. The number of rotatable bonds is 4. The summed E-state index contributed by atoms with van der Waals surface area (Å²) < 4.78 is 10.8. The van der Waals surface area contributed by atoms with E-state index in [9.17, 15) is 9.59 Å². The number of carbonyl (C=O) groups is 2. The molecular weight excluding hydrogens is 332 g/mol. The number of benzene rings is 1. The molecule has 2 amide bonds. The Morgan fingerprint density at radius 1 is 1.04 bits per heavy atom. The lowest BCUT2D eigenvalue weighted by atomic mass is 9.99. The topological polar surface area (TPSA) is 59.1 Å². The van der Waals surface area contributed by atoms with Gasteiger partial charge >= 0.3 is 6.09 Å². The molecule has 0 spiro atoms. The van der Waals surface area contributed by atoms with Crippen LogP contribution in [0.15, 0.2) is 30.3 Å². The van der Waals surface area contributed by atoms with Gasteiger partial charge in [-0.25, -0.2) is 4.79 Å². The molecule has 1 atom stereocenters. The fourth-order valence-corrected chi connectivity index (χ4v) is 3.77. The predicted octanol–water partition coefficient (Wildman–Crippen LogP) is 2.82. The summed E-state index contributed by atoms with van der Waals surface area (Å²) in [5.74, 6) is 0.0524. The van der Waals surface area contributed by atoms with Gasteiger partial charge in [-0.3, -0.25) is 9.69 Å². The van der Waals surface area contributed by atoms with Crippen molar-refractivity contribution in [3.05, 3.63) is 35.9 Å². The molecule has 2 fully saturated rings. The van der Waals surface area contributed by atoms with Crippen LogP contribution in [0.1, 0.15) is 37.7 Å². The molecule has 0 saturated carbocycles. The van der Waals surface area contributed by atoms with Gasteiger partial charge in [-0.1, -0.05) is 30.3 Å². The van der Waals surface area contributed by atoms with E-state index >= 15 is 0 Å². The van der Waals surface area contributed by atoms with E-state index in [0.717, 1.165) is 32.1 Å². The first kappa shape index (κ1) is 18.7. The monoisotopic (exact) mass is 360 g/mol. The second-order valence-electron chi connectivity index (χ2n) is 7.00. The Balaban J connectivity index is 1.49. The molecule has 142 valence electrons. The highest BCUT2D eigenvalue weighted by Gasteiger charge is 2.36. The van der Waals surface area contributed by atoms with Gasteiger partial charge in [0.1, 0.15) is 6.04 Å². The summed E-state index contributed by atoms with van der Waals surface area (Å²) in [5.41, 5.74) is 1.17. The third kappa shape index (κ3) is 4.55. The first-order valence-electron chi connectivity index (χ1n) is 9.48. The summed E-state index contributed by atoms with van der Waals surface area (Å²) in [7, 11) is 1.37. The molecule has 2 aliphatic rings. The first-order valence-corrected chi connectivity index (χ1v) is 9.48. The number of nitrogens with zero attached hydrogens (tertiary/aromatic N) is 2. The van der Waals surface area contributed by atoms with Crippen LogP contribution in [0.25, 0.3) is 0 Å². The van der Waals surface area contributed by atoms with Gasteiger partial charge in [-0.15, -0.1) is 0 Å². The molecule has 1 aromatic rings. The summed E-state index contributed by atoms with van der Waals surface area (Å²) in [6, 6.07) is 9.76. The van der Waals surface area contributed by atoms with Crippen molar-refractivity contribution >= 4 is 12.0 Å². The molecule has 1 aromatic carbocycles. The third-order valence-corrected chi connectivity index (χ3v) is 5.28. The molecule has 2 aliphatic heterocycles. The standard InChI is InChI=1S/C20H28N2O4/c1-25-20(24)22-12-6-5-9-18(22)19(23)21-13-10-17(11-14-21)26-15-16-7-3-2-4-8-16/h2-4,7-8,17-18H,5-6,9-15H2,1H3/t18-/m1/s1. The zero-order valence-corrected chi connectivity index (χ0v) is 15.4. The van der Waals surface area contributed by atoms with Gasteiger partial charge < -0.3 is 14.4 Å². The van der Waals surface area contributed by atoms with Crippen LogP contribution in [0, 0.1) is 0 Å². The number of likely N-dealkylation sites (tertiary alicyclic amines) is 2. The van der Waals surface area contributed by atoms with Gasteiger partial charge in [-0.05, 0) is 37.7 Å². The molecule has 6 nitrogen and oxygen atoms in total. The Morgan fingerprint density at radius 2 is 1.77 bits per heavy atom. The zero-order chi connectivity index (χ0) is 18.4. The van der Waals surface area contributed by atoms with E-state index in [0.29, 0.717) is 26.2 Å². The molecule has 6 heteroatoms.